The summed E-state index contributed by atoms with van der Waals surface area (Å²) in [5.74, 6) is 0.500. The standard InChI is InChI=1S/C21H19N3O3/c25-20(12-19-17-8-1-2-9-18(17)21(26)23-19)24(14-16-7-5-11-27-16)13-15-6-3-4-10-22-15/h1-11,19H,12-14H2,(H,23,26)/t19-/m1/s1. The third kappa shape index (κ3) is 3.74. The fourth-order valence-electron chi connectivity index (χ4n) is 3.30. The van der Waals surface area contributed by atoms with Crippen molar-refractivity contribution < 1.29 is 14.0 Å². The molecule has 0 radical (unpaired) electrons. The Morgan fingerprint density at radius 2 is 1.93 bits per heavy atom. The molecule has 2 amide bonds. The van der Waals surface area contributed by atoms with E-state index in [2.05, 4.69) is 10.3 Å². The first-order valence-electron chi connectivity index (χ1n) is 8.80. The van der Waals surface area contributed by atoms with Gasteiger partial charge in [-0.1, -0.05) is 24.3 Å². The maximum atomic E-state index is 13.1. The van der Waals surface area contributed by atoms with Gasteiger partial charge in [-0.05, 0) is 35.9 Å². The molecule has 0 aliphatic carbocycles. The Labute approximate surface area is 156 Å². The molecular weight excluding hydrogens is 342 g/mol. The van der Waals surface area contributed by atoms with Crippen LogP contribution in [0.4, 0.5) is 0 Å². The number of carbonyl (C=O) groups is 2. The van der Waals surface area contributed by atoms with Crippen LogP contribution < -0.4 is 5.32 Å². The van der Waals surface area contributed by atoms with Crippen molar-refractivity contribution in [3.05, 3.63) is 89.6 Å². The lowest BCUT2D eigenvalue weighted by Crippen LogP contribution is -2.33. The molecule has 1 aliphatic rings. The average Bonchev–Trinajstić information content (AvgIpc) is 3.31. The van der Waals surface area contributed by atoms with Crippen molar-refractivity contribution in [1.29, 1.82) is 0 Å². The largest absolute Gasteiger partial charge is 0.467 e. The van der Waals surface area contributed by atoms with Crippen molar-refractivity contribution >= 4 is 11.8 Å². The van der Waals surface area contributed by atoms with Crippen molar-refractivity contribution in [2.75, 3.05) is 0 Å². The fourth-order valence-corrected chi connectivity index (χ4v) is 3.30. The van der Waals surface area contributed by atoms with E-state index in [4.69, 9.17) is 4.42 Å². The zero-order chi connectivity index (χ0) is 18.6. The maximum Gasteiger partial charge on any atom is 0.252 e. The minimum atomic E-state index is -0.316. The van der Waals surface area contributed by atoms with Gasteiger partial charge in [0.05, 0.1) is 37.5 Å². The number of aromatic nitrogens is 1. The fraction of sp³-hybridized carbons (Fsp3) is 0.190. The molecule has 136 valence electrons. The molecule has 4 rings (SSSR count). The summed E-state index contributed by atoms with van der Waals surface area (Å²) in [6, 6.07) is 16.3. The van der Waals surface area contributed by atoms with Gasteiger partial charge in [-0.25, -0.2) is 0 Å². The van der Waals surface area contributed by atoms with Gasteiger partial charge in [0.25, 0.3) is 5.91 Å². The van der Waals surface area contributed by atoms with Crippen molar-refractivity contribution in [1.82, 2.24) is 15.2 Å². The highest BCUT2D eigenvalue weighted by Crippen LogP contribution is 2.28. The quantitative estimate of drug-likeness (QED) is 0.732. The van der Waals surface area contributed by atoms with Gasteiger partial charge in [-0.3, -0.25) is 14.6 Å². The third-order valence-electron chi connectivity index (χ3n) is 4.62. The number of hydrogen-bond acceptors (Lipinski definition) is 4. The molecule has 27 heavy (non-hydrogen) atoms. The monoisotopic (exact) mass is 361 g/mol. The van der Waals surface area contributed by atoms with E-state index in [1.165, 1.54) is 0 Å². The van der Waals surface area contributed by atoms with Gasteiger partial charge in [-0.15, -0.1) is 0 Å². The number of hydrogen-bond donors (Lipinski definition) is 1. The van der Waals surface area contributed by atoms with Crippen LogP contribution in [-0.4, -0.2) is 21.7 Å². The summed E-state index contributed by atoms with van der Waals surface area (Å²) in [5, 5.41) is 2.90. The number of nitrogens with one attached hydrogen (secondary N) is 1. The van der Waals surface area contributed by atoms with Crippen LogP contribution in [0.15, 0.2) is 71.5 Å². The van der Waals surface area contributed by atoms with Gasteiger partial charge >= 0.3 is 0 Å². The molecule has 2 aromatic heterocycles. The van der Waals surface area contributed by atoms with E-state index < -0.39 is 0 Å². The lowest BCUT2D eigenvalue weighted by Gasteiger charge is -2.23. The van der Waals surface area contributed by atoms with E-state index in [9.17, 15) is 9.59 Å². The molecule has 1 aromatic carbocycles. The highest BCUT2D eigenvalue weighted by atomic mass is 16.3. The molecule has 0 unspecified atom stereocenters. The predicted molar refractivity (Wildman–Crippen MR) is 98.5 cm³/mol. The summed E-state index contributed by atoms with van der Waals surface area (Å²) >= 11 is 0. The highest BCUT2D eigenvalue weighted by molar-refractivity contribution is 5.99. The predicted octanol–water partition coefficient (Wildman–Crippen LogP) is 3.08. The smallest absolute Gasteiger partial charge is 0.252 e. The molecule has 0 fully saturated rings. The number of amides is 2. The lowest BCUT2D eigenvalue weighted by molar-refractivity contribution is -0.133. The Kier molecular flexibility index (Phi) is 4.70. The Morgan fingerprint density at radius 1 is 1.07 bits per heavy atom. The molecule has 1 atom stereocenters. The first-order valence-corrected chi connectivity index (χ1v) is 8.80. The number of fused-ring (bicyclic) bond motifs is 1. The first-order chi connectivity index (χ1) is 13.2. The number of benzene rings is 1. The number of furan rings is 1. The van der Waals surface area contributed by atoms with Gasteiger partial charge in [0.1, 0.15) is 5.76 Å². The Hall–Kier alpha value is -3.41. The van der Waals surface area contributed by atoms with Crippen LogP contribution in [0.25, 0.3) is 0 Å². The van der Waals surface area contributed by atoms with Gasteiger partial charge in [0.15, 0.2) is 0 Å². The molecule has 6 nitrogen and oxygen atoms in total. The number of rotatable bonds is 6. The van der Waals surface area contributed by atoms with Gasteiger partial charge < -0.3 is 14.6 Å². The molecule has 3 heterocycles. The van der Waals surface area contributed by atoms with Crippen LogP contribution >= 0.6 is 0 Å². The summed E-state index contributed by atoms with van der Waals surface area (Å²) < 4.78 is 5.41. The van der Waals surface area contributed by atoms with E-state index in [1.54, 1.807) is 29.5 Å². The molecular formula is C21H19N3O3. The Balaban J connectivity index is 1.53. The average molecular weight is 361 g/mol. The Bertz CT molecular complexity index is 938. The van der Waals surface area contributed by atoms with Crippen molar-refractivity contribution in [2.45, 2.75) is 25.6 Å². The second-order valence-electron chi connectivity index (χ2n) is 6.47. The SMILES string of the molecule is O=C1N[C@H](CC(=O)N(Cc2ccccn2)Cc2ccco2)c2ccccc21. The van der Waals surface area contributed by atoms with Crippen LogP contribution in [0.2, 0.25) is 0 Å². The third-order valence-corrected chi connectivity index (χ3v) is 4.62. The Morgan fingerprint density at radius 3 is 2.70 bits per heavy atom. The molecule has 1 aliphatic heterocycles. The second kappa shape index (κ2) is 7.45. The maximum absolute atomic E-state index is 13.1. The summed E-state index contributed by atoms with van der Waals surface area (Å²) in [4.78, 5) is 31.2. The normalized spacial score (nSPS) is 15.3. The van der Waals surface area contributed by atoms with Crippen LogP contribution in [-0.2, 0) is 17.9 Å². The van der Waals surface area contributed by atoms with E-state index >= 15 is 0 Å². The first kappa shape index (κ1) is 17.0. The van der Waals surface area contributed by atoms with Gasteiger partial charge in [0, 0.05) is 11.8 Å². The highest BCUT2D eigenvalue weighted by Gasteiger charge is 2.31. The number of carbonyl (C=O) groups excluding carboxylic acids is 2. The molecule has 1 N–H and O–H groups in total. The molecule has 3 aromatic rings. The van der Waals surface area contributed by atoms with Crippen LogP contribution in [0.1, 0.15) is 39.8 Å². The summed E-state index contributed by atoms with van der Waals surface area (Å²) in [6.45, 7) is 0.730. The summed E-state index contributed by atoms with van der Waals surface area (Å²) in [7, 11) is 0. The van der Waals surface area contributed by atoms with Crippen LogP contribution in [0, 0.1) is 0 Å². The van der Waals surface area contributed by atoms with Gasteiger partial charge in [-0.2, -0.15) is 0 Å². The number of pyridine rings is 1. The molecule has 6 heteroatoms. The van der Waals surface area contributed by atoms with Crippen LogP contribution in [0.5, 0.6) is 0 Å². The van der Waals surface area contributed by atoms with Crippen molar-refractivity contribution in [3.63, 3.8) is 0 Å². The molecule has 0 saturated heterocycles. The minimum Gasteiger partial charge on any atom is -0.467 e. The van der Waals surface area contributed by atoms with Crippen molar-refractivity contribution in [3.8, 4) is 0 Å². The number of nitrogens with zero attached hydrogens (tertiary/aromatic N) is 2. The molecule has 0 spiro atoms. The van der Waals surface area contributed by atoms with E-state index in [0.29, 0.717) is 24.4 Å². The molecule has 0 saturated carbocycles. The second-order valence-corrected chi connectivity index (χ2v) is 6.47. The topological polar surface area (TPSA) is 75.4 Å². The van der Waals surface area contributed by atoms with E-state index in [-0.39, 0.29) is 24.3 Å². The van der Waals surface area contributed by atoms with Gasteiger partial charge in [0.2, 0.25) is 5.91 Å². The minimum absolute atomic E-state index is 0.0703. The zero-order valence-electron chi connectivity index (χ0n) is 14.7. The van der Waals surface area contributed by atoms with Crippen molar-refractivity contribution in [2.24, 2.45) is 0 Å². The summed E-state index contributed by atoms with van der Waals surface area (Å²) in [5.41, 5.74) is 2.30. The van der Waals surface area contributed by atoms with Crippen LogP contribution in [0.3, 0.4) is 0 Å². The van der Waals surface area contributed by atoms with E-state index in [1.807, 2.05) is 42.5 Å². The zero-order valence-corrected chi connectivity index (χ0v) is 14.7. The summed E-state index contributed by atoms with van der Waals surface area (Å²) in [6.07, 6.45) is 3.49. The lowest BCUT2D eigenvalue weighted by atomic mass is 10.0. The molecule has 0 bridgehead atoms. The van der Waals surface area contributed by atoms with E-state index in [0.717, 1.165) is 11.3 Å².